The highest BCUT2D eigenvalue weighted by atomic mass is 32.2. The summed E-state index contributed by atoms with van der Waals surface area (Å²) in [5.41, 5.74) is 2.31. The Balaban J connectivity index is 1.61. The first kappa shape index (κ1) is 22.3. The predicted octanol–water partition coefficient (Wildman–Crippen LogP) is 5.06. The van der Waals surface area contributed by atoms with E-state index in [4.69, 9.17) is 0 Å². The van der Waals surface area contributed by atoms with Crippen LogP contribution in [0.3, 0.4) is 0 Å². The molecule has 0 atom stereocenters. The van der Waals surface area contributed by atoms with Gasteiger partial charge in [-0.2, -0.15) is 0 Å². The maximum Gasteiger partial charge on any atom is 0.262 e. The predicted molar refractivity (Wildman–Crippen MR) is 127 cm³/mol. The monoisotopic (exact) mass is 471 g/mol. The van der Waals surface area contributed by atoms with Crippen LogP contribution in [0.5, 0.6) is 5.75 Å². The Bertz CT molecular complexity index is 1260. The van der Waals surface area contributed by atoms with Crippen LogP contribution in [0.15, 0.2) is 47.4 Å². The lowest BCUT2D eigenvalue weighted by atomic mass is 10.1. The zero-order valence-corrected chi connectivity index (χ0v) is 19.5. The highest BCUT2D eigenvalue weighted by Gasteiger charge is 2.24. The molecule has 0 radical (unpaired) electrons. The SMILES string of the molecule is Cc1ccc(-c2sc(NC(=O)C3CCCC3)nc2C)cc1S(=O)(=O)Nc1cccc(O)c1. The molecule has 0 unspecified atom stereocenters. The molecule has 1 aliphatic rings. The van der Waals surface area contributed by atoms with E-state index in [0.29, 0.717) is 16.3 Å². The van der Waals surface area contributed by atoms with Gasteiger partial charge in [-0.15, -0.1) is 0 Å². The number of hydrogen-bond donors (Lipinski definition) is 3. The molecule has 2 aromatic carbocycles. The summed E-state index contributed by atoms with van der Waals surface area (Å²) in [7, 11) is -3.87. The Kier molecular flexibility index (Phi) is 6.21. The summed E-state index contributed by atoms with van der Waals surface area (Å²) in [6.45, 7) is 3.57. The Morgan fingerprint density at radius 3 is 2.59 bits per heavy atom. The second-order valence-corrected chi connectivity index (χ2v) is 10.7. The van der Waals surface area contributed by atoms with E-state index in [1.165, 1.54) is 23.5 Å². The Morgan fingerprint density at radius 1 is 1.12 bits per heavy atom. The minimum Gasteiger partial charge on any atom is -0.508 e. The number of amides is 1. The standard InChI is InChI=1S/C23H25N3O4S2/c1-14-10-11-17(12-20(14)32(29,30)26-18-8-5-9-19(27)13-18)21-15(2)24-23(31-21)25-22(28)16-6-3-4-7-16/h5,8-13,16,26-27H,3-4,6-7H2,1-2H3,(H,24,25,28). The molecule has 1 aromatic heterocycles. The van der Waals surface area contributed by atoms with Crippen LogP contribution < -0.4 is 10.0 Å². The van der Waals surface area contributed by atoms with Gasteiger partial charge in [0.05, 0.1) is 21.2 Å². The molecule has 32 heavy (non-hydrogen) atoms. The molecule has 1 aliphatic carbocycles. The molecule has 3 aromatic rings. The summed E-state index contributed by atoms with van der Waals surface area (Å²) in [4.78, 5) is 17.9. The van der Waals surface area contributed by atoms with Crippen molar-refractivity contribution in [1.29, 1.82) is 0 Å². The van der Waals surface area contributed by atoms with Gasteiger partial charge in [-0.3, -0.25) is 9.52 Å². The fraction of sp³-hybridized carbons (Fsp3) is 0.304. The van der Waals surface area contributed by atoms with Crippen molar-refractivity contribution in [1.82, 2.24) is 4.98 Å². The number of nitrogens with zero attached hydrogens (tertiary/aromatic N) is 1. The van der Waals surface area contributed by atoms with E-state index in [1.807, 2.05) is 13.0 Å². The molecular formula is C23H25N3O4S2. The Hall–Kier alpha value is -2.91. The molecule has 3 N–H and O–H groups in total. The van der Waals surface area contributed by atoms with Gasteiger partial charge in [-0.1, -0.05) is 42.4 Å². The first-order valence-corrected chi connectivity index (χ1v) is 12.7. The van der Waals surface area contributed by atoms with Crippen LogP contribution in [-0.2, 0) is 14.8 Å². The molecule has 7 nitrogen and oxygen atoms in total. The fourth-order valence-electron chi connectivity index (χ4n) is 3.92. The van der Waals surface area contributed by atoms with Crippen LogP contribution in [0, 0.1) is 19.8 Å². The first-order valence-electron chi connectivity index (χ1n) is 10.4. The number of rotatable bonds is 6. The van der Waals surface area contributed by atoms with Gasteiger partial charge in [0.1, 0.15) is 5.75 Å². The Labute approximate surface area is 191 Å². The van der Waals surface area contributed by atoms with Crippen LogP contribution in [-0.4, -0.2) is 24.4 Å². The smallest absolute Gasteiger partial charge is 0.262 e. The molecule has 0 aliphatic heterocycles. The lowest BCUT2D eigenvalue weighted by Gasteiger charge is -2.12. The summed E-state index contributed by atoms with van der Waals surface area (Å²) in [5, 5.41) is 13.1. The number of anilines is 2. The van der Waals surface area contributed by atoms with Gasteiger partial charge < -0.3 is 10.4 Å². The van der Waals surface area contributed by atoms with Crippen LogP contribution in [0.25, 0.3) is 10.4 Å². The number of nitrogens with one attached hydrogen (secondary N) is 2. The van der Waals surface area contributed by atoms with E-state index >= 15 is 0 Å². The van der Waals surface area contributed by atoms with Crippen molar-refractivity contribution < 1.29 is 18.3 Å². The number of aryl methyl sites for hydroxylation is 2. The molecule has 4 rings (SSSR count). The van der Waals surface area contributed by atoms with Gasteiger partial charge in [-0.25, -0.2) is 13.4 Å². The molecule has 0 spiro atoms. The molecule has 1 amide bonds. The summed E-state index contributed by atoms with van der Waals surface area (Å²) in [5.74, 6) is 0.0238. The number of carbonyl (C=O) groups is 1. The van der Waals surface area contributed by atoms with Gasteiger partial charge in [0.2, 0.25) is 5.91 Å². The molecule has 9 heteroatoms. The normalized spacial score (nSPS) is 14.4. The summed E-state index contributed by atoms with van der Waals surface area (Å²) in [6, 6.07) is 11.2. The number of phenols is 1. The number of thiazole rings is 1. The molecule has 168 valence electrons. The lowest BCUT2D eigenvalue weighted by molar-refractivity contribution is -0.119. The van der Waals surface area contributed by atoms with Crippen molar-refractivity contribution in [2.75, 3.05) is 10.0 Å². The van der Waals surface area contributed by atoms with E-state index in [2.05, 4.69) is 15.0 Å². The maximum atomic E-state index is 13.0. The van der Waals surface area contributed by atoms with E-state index in [0.717, 1.165) is 36.3 Å². The first-order chi connectivity index (χ1) is 15.2. The van der Waals surface area contributed by atoms with Crippen LogP contribution in [0.4, 0.5) is 10.8 Å². The second-order valence-electron chi connectivity index (χ2n) is 8.04. The number of carbonyl (C=O) groups excluding carboxylic acids is 1. The number of aromatic nitrogens is 1. The van der Waals surface area contributed by atoms with Crippen LogP contribution >= 0.6 is 11.3 Å². The second kappa shape index (κ2) is 8.91. The minimum atomic E-state index is -3.87. The van der Waals surface area contributed by atoms with Crippen molar-refractivity contribution in [3.8, 4) is 16.2 Å². The van der Waals surface area contributed by atoms with Gasteiger partial charge in [-0.05, 0) is 56.0 Å². The van der Waals surface area contributed by atoms with Gasteiger partial charge in [0.15, 0.2) is 5.13 Å². The van der Waals surface area contributed by atoms with Crippen molar-refractivity contribution in [3.05, 3.63) is 53.7 Å². The average molecular weight is 472 g/mol. The van der Waals surface area contributed by atoms with Gasteiger partial charge in [0.25, 0.3) is 10.0 Å². The van der Waals surface area contributed by atoms with E-state index in [9.17, 15) is 18.3 Å². The molecule has 0 bridgehead atoms. The number of phenolic OH excluding ortho intramolecular Hbond substituents is 1. The van der Waals surface area contributed by atoms with Crippen molar-refractivity contribution in [3.63, 3.8) is 0 Å². The maximum absolute atomic E-state index is 13.0. The molecular weight excluding hydrogens is 446 g/mol. The topological polar surface area (TPSA) is 108 Å². The highest BCUT2D eigenvalue weighted by molar-refractivity contribution is 7.92. The summed E-state index contributed by atoms with van der Waals surface area (Å²) in [6.07, 6.45) is 3.98. The number of sulfonamides is 1. The van der Waals surface area contributed by atoms with E-state index in [-0.39, 0.29) is 28.2 Å². The van der Waals surface area contributed by atoms with Gasteiger partial charge >= 0.3 is 0 Å². The van der Waals surface area contributed by atoms with Gasteiger partial charge in [0, 0.05) is 12.0 Å². The number of benzene rings is 2. The third kappa shape index (κ3) is 4.78. The van der Waals surface area contributed by atoms with Crippen LogP contribution in [0.2, 0.25) is 0 Å². The van der Waals surface area contributed by atoms with Crippen molar-refractivity contribution >= 4 is 38.1 Å². The summed E-state index contributed by atoms with van der Waals surface area (Å²) >= 11 is 1.34. The van der Waals surface area contributed by atoms with Crippen LogP contribution in [0.1, 0.15) is 36.9 Å². The largest absolute Gasteiger partial charge is 0.508 e. The van der Waals surface area contributed by atoms with Crippen molar-refractivity contribution in [2.24, 2.45) is 5.92 Å². The third-order valence-corrected chi connectivity index (χ3v) is 8.24. The zero-order chi connectivity index (χ0) is 22.9. The molecule has 1 fully saturated rings. The number of hydrogen-bond acceptors (Lipinski definition) is 6. The average Bonchev–Trinajstić information content (AvgIpc) is 3.38. The van der Waals surface area contributed by atoms with E-state index < -0.39 is 10.0 Å². The Morgan fingerprint density at radius 2 is 1.88 bits per heavy atom. The number of aromatic hydroxyl groups is 1. The highest BCUT2D eigenvalue weighted by Crippen LogP contribution is 2.36. The quantitative estimate of drug-likeness (QED) is 0.466. The molecule has 1 saturated carbocycles. The zero-order valence-electron chi connectivity index (χ0n) is 17.9. The fourth-order valence-corrected chi connectivity index (χ4v) is 6.21. The molecule has 0 saturated heterocycles. The van der Waals surface area contributed by atoms with Crippen molar-refractivity contribution in [2.45, 2.75) is 44.4 Å². The molecule has 1 heterocycles. The summed E-state index contributed by atoms with van der Waals surface area (Å²) < 4.78 is 28.6. The van der Waals surface area contributed by atoms with E-state index in [1.54, 1.807) is 31.2 Å². The lowest BCUT2D eigenvalue weighted by Crippen LogP contribution is -2.20. The minimum absolute atomic E-state index is 0.00490. The third-order valence-electron chi connectivity index (χ3n) is 5.59.